The SMILES string of the molecule is O=C(c1ccc(Cn2cncn2)cc1)N1CCc2ccccc21. The lowest BCUT2D eigenvalue weighted by atomic mass is 10.1. The first-order chi connectivity index (χ1) is 11.3. The lowest BCUT2D eigenvalue weighted by Crippen LogP contribution is -2.28. The second kappa shape index (κ2) is 5.68. The van der Waals surface area contributed by atoms with E-state index in [1.165, 1.54) is 11.9 Å². The van der Waals surface area contributed by atoms with Gasteiger partial charge >= 0.3 is 0 Å². The number of nitrogens with zero attached hydrogens (tertiary/aromatic N) is 4. The maximum Gasteiger partial charge on any atom is 0.258 e. The normalized spacial score (nSPS) is 13.1. The molecule has 0 atom stereocenters. The third kappa shape index (κ3) is 2.61. The van der Waals surface area contributed by atoms with Crippen LogP contribution < -0.4 is 4.90 Å². The van der Waals surface area contributed by atoms with Gasteiger partial charge in [-0.2, -0.15) is 5.10 Å². The fourth-order valence-corrected chi connectivity index (χ4v) is 2.96. The topological polar surface area (TPSA) is 51.0 Å². The summed E-state index contributed by atoms with van der Waals surface area (Å²) in [5.41, 5.74) is 4.07. The van der Waals surface area contributed by atoms with Crippen molar-refractivity contribution >= 4 is 11.6 Å². The highest BCUT2D eigenvalue weighted by molar-refractivity contribution is 6.07. The zero-order valence-corrected chi connectivity index (χ0v) is 12.6. The standard InChI is InChI=1S/C18H16N4O/c23-18(22-10-9-15-3-1-2-4-17(15)22)16-7-5-14(6-8-16)11-21-13-19-12-20-21/h1-8,12-13H,9-11H2. The van der Waals surface area contributed by atoms with E-state index < -0.39 is 0 Å². The van der Waals surface area contributed by atoms with E-state index in [9.17, 15) is 4.79 Å². The molecule has 1 amide bonds. The van der Waals surface area contributed by atoms with Crippen molar-refractivity contribution in [1.82, 2.24) is 14.8 Å². The van der Waals surface area contributed by atoms with Gasteiger partial charge in [0.25, 0.3) is 5.91 Å². The van der Waals surface area contributed by atoms with Crippen LogP contribution in [-0.2, 0) is 13.0 Å². The van der Waals surface area contributed by atoms with Crippen molar-refractivity contribution in [3.63, 3.8) is 0 Å². The molecule has 0 unspecified atom stereocenters. The summed E-state index contributed by atoms with van der Waals surface area (Å²) in [7, 11) is 0. The van der Waals surface area contributed by atoms with Crippen LogP contribution in [0.5, 0.6) is 0 Å². The molecule has 0 fully saturated rings. The molecule has 114 valence electrons. The van der Waals surface area contributed by atoms with Crippen LogP contribution in [0.25, 0.3) is 0 Å². The summed E-state index contributed by atoms with van der Waals surface area (Å²) in [5.74, 6) is 0.0576. The summed E-state index contributed by atoms with van der Waals surface area (Å²) in [6, 6.07) is 15.8. The summed E-state index contributed by atoms with van der Waals surface area (Å²) in [4.78, 5) is 18.5. The van der Waals surface area contributed by atoms with Gasteiger partial charge in [-0.1, -0.05) is 30.3 Å². The lowest BCUT2D eigenvalue weighted by Gasteiger charge is -2.17. The van der Waals surface area contributed by atoms with Gasteiger partial charge in [-0.05, 0) is 35.7 Å². The molecule has 0 aliphatic carbocycles. The van der Waals surface area contributed by atoms with Crippen molar-refractivity contribution in [2.24, 2.45) is 0 Å². The predicted octanol–water partition coefficient (Wildman–Crippen LogP) is 2.53. The minimum atomic E-state index is 0.0576. The molecule has 0 radical (unpaired) electrons. The number of carbonyl (C=O) groups is 1. The first-order valence-electron chi connectivity index (χ1n) is 7.62. The van der Waals surface area contributed by atoms with E-state index in [0.29, 0.717) is 12.1 Å². The van der Waals surface area contributed by atoms with Gasteiger partial charge in [0.15, 0.2) is 0 Å². The Morgan fingerprint density at radius 2 is 1.91 bits per heavy atom. The molecule has 0 bridgehead atoms. The number of carbonyl (C=O) groups excluding carboxylic acids is 1. The molecular weight excluding hydrogens is 288 g/mol. The second-order valence-electron chi connectivity index (χ2n) is 5.63. The van der Waals surface area contributed by atoms with E-state index in [1.54, 1.807) is 11.0 Å². The molecule has 3 aromatic rings. The van der Waals surface area contributed by atoms with Gasteiger partial charge in [-0.15, -0.1) is 0 Å². The molecule has 4 rings (SSSR count). The highest BCUT2D eigenvalue weighted by Crippen LogP contribution is 2.28. The average molecular weight is 304 g/mol. The quantitative estimate of drug-likeness (QED) is 0.747. The zero-order valence-electron chi connectivity index (χ0n) is 12.6. The van der Waals surface area contributed by atoms with Crippen molar-refractivity contribution < 1.29 is 4.79 Å². The van der Waals surface area contributed by atoms with E-state index in [4.69, 9.17) is 0 Å². The molecule has 1 aliphatic heterocycles. The van der Waals surface area contributed by atoms with Crippen LogP contribution in [0.15, 0.2) is 61.2 Å². The number of fused-ring (bicyclic) bond motifs is 1. The van der Waals surface area contributed by atoms with Gasteiger partial charge < -0.3 is 4.90 Å². The third-order valence-electron chi connectivity index (χ3n) is 4.14. The molecule has 0 spiro atoms. The molecule has 2 aromatic carbocycles. The largest absolute Gasteiger partial charge is 0.308 e. The summed E-state index contributed by atoms with van der Waals surface area (Å²) in [6.07, 6.45) is 4.12. The van der Waals surface area contributed by atoms with Gasteiger partial charge in [0.1, 0.15) is 12.7 Å². The zero-order chi connectivity index (χ0) is 15.6. The van der Waals surface area contributed by atoms with Crippen LogP contribution in [0.1, 0.15) is 21.5 Å². The Hall–Kier alpha value is -2.95. The minimum absolute atomic E-state index is 0.0576. The smallest absolute Gasteiger partial charge is 0.258 e. The van der Waals surface area contributed by atoms with Gasteiger partial charge in [0.05, 0.1) is 6.54 Å². The fraction of sp³-hybridized carbons (Fsp3) is 0.167. The minimum Gasteiger partial charge on any atom is -0.308 e. The molecule has 1 aliphatic rings. The van der Waals surface area contributed by atoms with E-state index in [-0.39, 0.29) is 5.91 Å². The Bertz CT molecular complexity index is 824. The highest BCUT2D eigenvalue weighted by Gasteiger charge is 2.24. The van der Waals surface area contributed by atoms with Crippen LogP contribution in [0, 0.1) is 0 Å². The number of hydrogen-bond acceptors (Lipinski definition) is 3. The highest BCUT2D eigenvalue weighted by atomic mass is 16.2. The lowest BCUT2D eigenvalue weighted by molar-refractivity contribution is 0.0989. The Labute approximate surface area is 134 Å². The Kier molecular flexibility index (Phi) is 3.38. The molecule has 0 N–H and O–H groups in total. The van der Waals surface area contributed by atoms with Crippen LogP contribution in [-0.4, -0.2) is 27.2 Å². The summed E-state index contributed by atoms with van der Waals surface area (Å²) >= 11 is 0. The number of amides is 1. The monoisotopic (exact) mass is 304 g/mol. The van der Waals surface area contributed by atoms with Crippen molar-refractivity contribution in [3.05, 3.63) is 77.9 Å². The number of aromatic nitrogens is 3. The van der Waals surface area contributed by atoms with Crippen molar-refractivity contribution in [2.75, 3.05) is 11.4 Å². The van der Waals surface area contributed by atoms with Gasteiger partial charge in [-0.3, -0.25) is 4.79 Å². The van der Waals surface area contributed by atoms with Crippen LogP contribution in [0.4, 0.5) is 5.69 Å². The fourth-order valence-electron chi connectivity index (χ4n) is 2.96. The number of para-hydroxylation sites is 1. The first kappa shape index (κ1) is 13.7. The molecular formula is C18H16N4O. The molecule has 0 saturated carbocycles. The predicted molar refractivity (Wildman–Crippen MR) is 87.4 cm³/mol. The summed E-state index contributed by atoms with van der Waals surface area (Å²) in [6.45, 7) is 1.40. The van der Waals surface area contributed by atoms with Crippen LogP contribution in [0.3, 0.4) is 0 Å². The van der Waals surface area contributed by atoms with Crippen molar-refractivity contribution in [1.29, 1.82) is 0 Å². The van der Waals surface area contributed by atoms with Gasteiger partial charge in [-0.25, -0.2) is 9.67 Å². The van der Waals surface area contributed by atoms with Crippen LogP contribution >= 0.6 is 0 Å². The van der Waals surface area contributed by atoms with E-state index in [0.717, 1.165) is 24.2 Å². The number of hydrogen-bond donors (Lipinski definition) is 0. The number of benzene rings is 2. The summed E-state index contributed by atoms with van der Waals surface area (Å²) < 4.78 is 1.76. The molecule has 23 heavy (non-hydrogen) atoms. The summed E-state index contributed by atoms with van der Waals surface area (Å²) in [5, 5.41) is 4.09. The Morgan fingerprint density at radius 3 is 2.70 bits per heavy atom. The van der Waals surface area contributed by atoms with Gasteiger partial charge in [0.2, 0.25) is 0 Å². The third-order valence-corrected chi connectivity index (χ3v) is 4.14. The average Bonchev–Trinajstić information content (AvgIpc) is 3.24. The first-order valence-corrected chi connectivity index (χ1v) is 7.62. The number of anilines is 1. The molecule has 0 saturated heterocycles. The van der Waals surface area contributed by atoms with Gasteiger partial charge in [0, 0.05) is 17.8 Å². The Morgan fingerprint density at radius 1 is 1.09 bits per heavy atom. The maximum absolute atomic E-state index is 12.7. The molecule has 2 heterocycles. The Balaban J connectivity index is 1.53. The maximum atomic E-state index is 12.7. The van der Waals surface area contributed by atoms with E-state index >= 15 is 0 Å². The molecule has 5 nitrogen and oxygen atoms in total. The van der Waals surface area contributed by atoms with Crippen molar-refractivity contribution in [3.8, 4) is 0 Å². The molecule has 5 heteroatoms. The van der Waals surface area contributed by atoms with Crippen LogP contribution in [0.2, 0.25) is 0 Å². The van der Waals surface area contributed by atoms with E-state index in [1.807, 2.05) is 47.4 Å². The second-order valence-corrected chi connectivity index (χ2v) is 5.63. The number of rotatable bonds is 3. The molecule has 1 aromatic heterocycles. The van der Waals surface area contributed by atoms with E-state index in [2.05, 4.69) is 16.1 Å². The van der Waals surface area contributed by atoms with Crippen molar-refractivity contribution in [2.45, 2.75) is 13.0 Å².